The molecule has 0 bridgehead atoms. The van der Waals surface area contributed by atoms with Gasteiger partial charge in [-0.3, -0.25) is 9.59 Å². The fourth-order valence-electron chi connectivity index (χ4n) is 4.90. The van der Waals surface area contributed by atoms with Gasteiger partial charge in [0.05, 0.1) is 6.61 Å². The van der Waals surface area contributed by atoms with Crippen molar-refractivity contribution < 1.29 is 29.3 Å². The molecule has 0 amide bonds. The summed E-state index contributed by atoms with van der Waals surface area (Å²) in [5.74, 6) is -2.08. The number of hydrogen-bond donors (Lipinski definition) is 2. The summed E-state index contributed by atoms with van der Waals surface area (Å²) in [5.41, 5.74) is 3.49. The molecule has 7 nitrogen and oxygen atoms in total. The number of anilines is 1. The highest BCUT2D eigenvalue weighted by Gasteiger charge is 2.31. The molecule has 2 N–H and O–H groups in total. The first-order chi connectivity index (χ1) is 22.7. The van der Waals surface area contributed by atoms with Gasteiger partial charge in [0.1, 0.15) is 12.4 Å². The van der Waals surface area contributed by atoms with Gasteiger partial charge in [-0.2, -0.15) is 0 Å². The minimum Gasteiger partial charge on any atom is -0.491 e. The van der Waals surface area contributed by atoms with Crippen molar-refractivity contribution in [3.63, 3.8) is 0 Å². The molecule has 0 spiro atoms. The lowest BCUT2D eigenvalue weighted by molar-refractivity contribution is -0.155. The van der Waals surface area contributed by atoms with Crippen molar-refractivity contribution >= 4 is 29.4 Å². The molecule has 0 aromatic heterocycles. The van der Waals surface area contributed by atoms with E-state index in [0.717, 1.165) is 5.75 Å². The zero-order chi connectivity index (χ0) is 36.1. The van der Waals surface area contributed by atoms with Crippen LogP contribution in [-0.4, -0.2) is 61.8 Å². The van der Waals surface area contributed by atoms with E-state index in [2.05, 4.69) is 88.5 Å². The molecule has 0 atom stereocenters. The van der Waals surface area contributed by atoms with Gasteiger partial charge in [-0.25, -0.2) is 0 Å². The molecule has 1 aliphatic heterocycles. The Balaban J connectivity index is 0. The van der Waals surface area contributed by atoms with E-state index in [-0.39, 0.29) is 19.6 Å². The number of aliphatic carboxylic acids is 2. The van der Waals surface area contributed by atoms with Crippen molar-refractivity contribution in [2.24, 2.45) is 11.3 Å². The van der Waals surface area contributed by atoms with Crippen LogP contribution >= 0.6 is 11.8 Å². The summed E-state index contributed by atoms with van der Waals surface area (Å²) in [4.78, 5) is 24.9. The third kappa shape index (κ3) is 19.0. The van der Waals surface area contributed by atoms with E-state index in [4.69, 9.17) is 19.7 Å². The second-order valence-electron chi connectivity index (χ2n) is 11.0. The Morgan fingerprint density at radius 3 is 1.98 bits per heavy atom. The number of para-hydroxylation sites is 1. The average Bonchev–Trinajstić information content (AvgIpc) is 3.28. The lowest BCUT2D eigenvalue weighted by Crippen LogP contribution is -2.25. The molecule has 3 rings (SSSR count). The Hall–Kier alpha value is -3.59. The van der Waals surface area contributed by atoms with Crippen LogP contribution in [0.5, 0.6) is 5.75 Å². The predicted octanol–water partition coefficient (Wildman–Crippen LogP) is 8.94. The van der Waals surface area contributed by atoms with Gasteiger partial charge in [0.15, 0.2) is 5.92 Å². The molecular formula is C39H59NO6S. The Labute approximate surface area is 289 Å². The lowest BCUT2D eigenvalue weighted by Gasteiger charge is -2.32. The van der Waals surface area contributed by atoms with E-state index in [1.165, 1.54) is 67.7 Å². The van der Waals surface area contributed by atoms with Crippen molar-refractivity contribution in [2.75, 3.05) is 44.6 Å². The number of carbonyl (C=O) groups is 2. The summed E-state index contributed by atoms with van der Waals surface area (Å²) >= 11 is 2.12. The summed E-state index contributed by atoms with van der Waals surface area (Å²) in [7, 11) is 4.27. The van der Waals surface area contributed by atoms with E-state index in [0.29, 0.717) is 12.0 Å². The fourth-order valence-corrected chi connectivity index (χ4v) is 6.30. The molecule has 2 aromatic rings. The SMILES string of the molecule is C#C.C#C.CC.CCCCC1(CCCC)CCc2cc(N(C)C)ccc2SC1.O=C(O)C(CCOCCOc1ccccc1)C(=O)O. The maximum atomic E-state index is 10.6. The molecule has 0 saturated heterocycles. The van der Waals surface area contributed by atoms with E-state index >= 15 is 0 Å². The molecule has 0 saturated carbocycles. The van der Waals surface area contributed by atoms with Gasteiger partial charge < -0.3 is 24.6 Å². The number of nitrogens with zero attached hydrogens (tertiary/aromatic N) is 1. The molecule has 262 valence electrons. The van der Waals surface area contributed by atoms with E-state index in [1.807, 2.05) is 44.2 Å². The van der Waals surface area contributed by atoms with Crippen molar-refractivity contribution in [3.05, 3.63) is 54.1 Å². The van der Waals surface area contributed by atoms with Gasteiger partial charge in [0, 0.05) is 37.0 Å². The minimum absolute atomic E-state index is 0.0595. The molecular weight excluding hydrogens is 610 g/mol. The van der Waals surface area contributed by atoms with E-state index in [1.54, 1.807) is 5.56 Å². The summed E-state index contributed by atoms with van der Waals surface area (Å²) in [6, 6.07) is 16.2. The maximum Gasteiger partial charge on any atom is 0.317 e. The van der Waals surface area contributed by atoms with Crippen LogP contribution in [0.15, 0.2) is 53.4 Å². The zero-order valence-corrected chi connectivity index (χ0v) is 30.4. The molecule has 47 heavy (non-hydrogen) atoms. The standard InChI is InChI=1S/C20H33NS.C13H16O6.C2H6.2C2H2/c1-5-7-12-20(13-8-6-2)14-11-17-15-18(21(3)4)9-10-19(17)22-16-20;14-12(15)11(13(16)17)6-7-18-8-9-19-10-4-2-1-3-5-10;3*1-2/h9-10,15H,5-8,11-14,16H2,1-4H3;1-5,11H,6-9H2,(H,14,15)(H,16,17);1-2H3;2*1-2H. The van der Waals surface area contributed by atoms with Crippen LogP contribution in [0.25, 0.3) is 0 Å². The monoisotopic (exact) mass is 669 g/mol. The normalized spacial score (nSPS) is 12.3. The number of terminal acetylenes is 2. The number of aryl methyl sites for hydroxylation is 1. The number of fused-ring (bicyclic) bond motifs is 1. The minimum atomic E-state index is -1.42. The largest absolute Gasteiger partial charge is 0.491 e. The quantitative estimate of drug-likeness (QED) is 0.104. The second-order valence-corrected chi connectivity index (χ2v) is 12.0. The van der Waals surface area contributed by atoms with E-state index in [9.17, 15) is 9.59 Å². The smallest absolute Gasteiger partial charge is 0.317 e. The molecule has 8 heteroatoms. The number of carboxylic acid groups (broad SMARTS) is 2. The Morgan fingerprint density at radius 2 is 1.47 bits per heavy atom. The van der Waals surface area contributed by atoms with Crippen molar-refractivity contribution in [3.8, 4) is 31.4 Å². The lowest BCUT2D eigenvalue weighted by atomic mass is 9.75. The summed E-state index contributed by atoms with van der Waals surface area (Å²) in [6.45, 7) is 9.34. The third-order valence-electron chi connectivity index (χ3n) is 7.53. The van der Waals surface area contributed by atoms with Crippen LogP contribution in [0.1, 0.15) is 84.6 Å². The van der Waals surface area contributed by atoms with Gasteiger partial charge in [-0.05, 0) is 73.4 Å². The van der Waals surface area contributed by atoms with Crippen LogP contribution in [0.2, 0.25) is 0 Å². The molecule has 1 aliphatic rings. The molecule has 0 unspecified atom stereocenters. The Morgan fingerprint density at radius 1 is 0.894 bits per heavy atom. The number of ether oxygens (including phenoxy) is 2. The van der Waals surface area contributed by atoms with Gasteiger partial charge >= 0.3 is 11.9 Å². The van der Waals surface area contributed by atoms with Crippen LogP contribution < -0.4 is 9.64 Å². The van der Waals surface area contributed by atoms with Crippen LogP contribution in [0, 0.1) is 37.0 Å². The van der Waals surface area contributed by atoms with Crippen molar-refractivity contribution in [1.82, 2.24) is 0 Å². The Bertz CT molecular complexity index is 1100. The zero-order valence-electron chi connectivity index (χ0n) is 29.6. The van der Waals surface area contributed by atoms with Gasteiger partial charge in [0.2, 0.25) is 0 Å². The fraction of sp³-hybridized carbons (Fsp3) is 0.538. The van der Waals surface area contributed by atoms with Crippen molar-refractivity contribution in [1.29, 1.82) is 0 Å². The molecule has 1 heterocycles. The van der Waals surface area contributed by atoms with Gasteiger partial charge in [0.25, 0.3) is 0 Å². The number of thioether (sulfide) groups is 1. The average molecular weight is 670 g/mol. The molecule has 0 aliphatic carbocycles. The number of rotatable bonds is 16. The first-order valence-corrected chi connectivity index (χ1v) is 17.5. The number of unbranched alkanes of at least 4 members (excludes halogenated alkanes) is 2. The van der Waals surface area contributed by atoms with Crippen molar-refractivity contribution in [2.45, 2.75) is 90.4 Å². The first-order valence-electron chi connectivity index (χ1n) is 16.5. The van der Waals surface area contributed by atoms with Gasteiger partial charge in [-0.15, -0.1) is 37.5 Å². The first kappa shape index (κ1) is 45.5. The maximum absolute atomic E-state index is 10.6. The number of hydrogen-bond acceptors (Lipinski definition) is 6. The van der Waals surface area contributed by atoms with Crippen LogP contribution in [0.4, 0.5) is 5.69 Å². The topological polar surface area (TPSA) is 96.3 Å². The van der Waals surface area contributed by atoms with E-state index < -0.39 is 17.9 Å². The molecule has 2 aromatic carbocycles. The Kier molecular flexibility index (Phi) is 27.7. The highest BCUT2D eigenvalue weighted by Crippen LogP contribution is 2.45. The summed E-state index contributed by atoms with van der Waals surface area (Å²) < 4.78 is 10.5. The highest BCUT2D eigenvalue weighted by molar-refractivity contribution is 7.99. The summed E-state index contributed by atoms with van der Waals surface area (Å²) in [5, 5.41) is 17.3. The van der Waals surface area contributed by atoms with Crippen LogP contribution in [0.3, 0.4) is 0 Å². The third-order valence-corrected chi connectivity index (χ3v) is 8.99. The molecule has 0 fully saturated rings. The summed E-state index contributed by atoms with van der Waals surface area (Å²) in [6.07, 6.45) is 26.9. The second kappa shape index (κ2) is 28.6. The molecule has 0 radical (unpaired) electrons. The predicted molar refractivity (Wildman–Crippen MR) is 199 cm³/mol. The highest BCUT2D eigenvalue weighted by atomic mass is 32.2. The number of benzene rings is 2. The number of carboxylic acids is 2. The van der Waals surface area contributed by atoms with Crippen LogP contribution in [-0.2, 0) is 20.7 Å². The van der Waals surface area contributed by atoms with Gasteiger partial charge in [-0.1, -0.05) is 71.6 Å².